The number of phenols is 1. The van der Waals surface area contributed by atoms with E-state index in [2.05, 4.69) is 0 Å². The van der Waals surface area contributed by atoms with E-state index in [-0.39, 0.29) is 31.4 Å². The Labute approximate surface area is 99.4 Å². The third kappa shape index (κ3) is 2.41. The minimum absolute atomic E-state index is 0.109. The summed E-state index contributed by atoms with van der Waals surface area (Å²) < 4.78 is 26.2. The molecule has 0 amide bonds. The van der Waals surface area contributed by atoms with Gasteiger partial charge in [0.05, 0.1) is 0 Å². The molecule has 3 N–H and O–H groups in total. The lowest BCUT2D eigenvalue weighted by molar-refractivity contribution is -0.0516. The molecule has 1 aromatic carbocycles. The number of hydrogen-bond donors (Lipinski definition) is 2. The zero-order valence-electron chi connectivity index (χ0n) is 9.84. The Morgan fingerprint density at radius 1 is 1.18 bits per heavy atom. The molecule has 4 heteroatoms. The zero-order valence-corrected chi connectivity index (χ0v) is 9.84. The Bertz CT molecular complexity index is 421. The molecule has 0 saturated heterocycles. The van der Waals surface area contributed by atoms with Crippen LogP contribution < -0.4 is 5.73 Å². The van der Waals surface area contributed by atoms with Crippen molar-refractivity contribution in [2.24, 2.45) is 5.73 Å². The smallest absolute Gasteiger partial charge is 0.248 e. The second kappa shape index (κ2) is 3.95. The number of alkyl halides is 2. The van der Waals surface area contributed by atoms with E-state index in [4.69, 9.17) is 5.73 Å². The van der Waals surface area contributed by atoms with Gasteiger partial charge in [0.1, 0.15) is 5.75 Å². The first-order valence-electron chi connectivity index (χ1n) is 5.79. The number of benzene rings is 1. The molecule has 0 unspecified atom stereocenters. The van der Waals surface area contributed by atoms with Gasteiger partial charge >= 0.3 is 0 Å². The summed E-state index contributed by atoms with van der Waals surface area (Å²) in [6, 6.07) is 5.21. The van der Waals surface area contributed by atoms with Crippen molar-refractivity contribution in [1.29, 1.82) is 0 Å². The molecule has 2 rings (SSSR count). The van der Waals surface area contributed by atoms with Gasteiger partial charge in [0.2, 0.25) is 5.92 Å². The minimum atomic E-state index is -2.61. The molecule has 0 aromatic heterocycles. The van der Waals surface area contributed by atoms with E-state index in [0.29, 0.717) is 5.56 Å². The number of nitrogens with two attached hydrogens (primary N) is 1. The highest BCUT2D eigenvalue weighted by Gasteiger charge is 2.42. The van der Waals surface area contributed by atoms with Crippen LogP contribution in [0.15, 0.2) is 18.2 Å². The first-order valence-corrected chi connectivity index (χ1v) is 5.79. The van der Waals surface area contributed by atoms with Crippen molar-refractivity contribution in [3.8, 4) is 5.75 Å². The first kappa shape index (κ1) is 12.3. The van der Waals surface area contributed by atoms with E-state index in [9.17, 15) is 13.9 Å². The standard InChI is InChI=1S/C13H17F2NO/c1-9-2-3-10(11(17)8-9)12(16)4-6-13(14,15)7-5-12/h2-3,8,17H,4-7,16H2,1H3. The number of rotatable bonds is 1. The van der Waals surface area contributed by atoms with E-state index in [1.54, 1.807) is 12.1 Å². The van der Waals surface area contributed by atoms with Gasteiger partial charge in [-0.05, 0) is 31.4 Å². The lowest BCUT2D eigenvalue weighted by atomic mass is 9.75. The highest BCUT2D eigenvalue weighted by molar-refractivity contribution is 5.41. The van der Waals surface area contributed by atoms with Crippen molar-refractivity contribution in [3.05, 3.63) is 29.3 Å². The maximum absolute atomic E-state index is 13.1. The molecule has 0 aliphatic heterocycles. The monoisotopic (exact) mass is 241 g/mol. The van der Waals surface area contributed by atoms with Gasteiger partial charge in [-0.25, -0.2) is 8.78 Å². The Kier molecular flexibility index (Phi) is 2.86. The molecular weight excluding hydrogens is 224 g/mol. The van der Waals surface area contributed by atoms with Crippen LogP contribution in [-0.2, 0) is 5.54 Å². The minimum Gasteiger partial charge on any atom is -0.508 e. The van der Waals surface area contributed by atoms with Gasteiger partial charge in [-0.15, -0.1) is 0 Å². The van der Waals surface area contributed by atoms with Gasteiger partial charge in [0.15, 0.2) is 0 Å². The van der Waals surface area contributed by atoms with Crippen LogP contribution in [0, 0.1) is 6.92 Å². The van der Waals surface area contributed by atoms with Crippen molar-refractivity contribution in [3.63, 3.8) is 0 Å². The zero-order chi connectivity index (χ0) is 12.7. The lowest BCUT2D eigenvalue weighted by Crippen LogP contribution is -2.43. The first-order chi connectivity index (χ1) is 7.82. The van der Waals surface area contributed by atoms with E-state index in [1.165, 1.54) is 0 Å². The predicted octanol–water partition coefficient (Wildman–Crippen LogP) is 3.06. The van der Waals surface area contributed by atoms with Gasteiger partial charge in [-0.3, -0.25) is 0 Å². The Balaban J connectivity index is 2.27. The molecule has 17 heavy (non-hydrogen) atoms. The molecule has 0 atom stereocenters. The van der Waals surface area contributed by atoms with Gasteiger partial charge in [0, 0.05) is 23.9 Å². The number of phenolic OH excluding ortho intramolecular Hbond substituents is 1. The van der Waals surface area contributed by atoms with E-state index < -0.39 is 11.5 Å². The molecule has 94 valence electrons. The Hall–Kier alpha value is -1.16. The quantitative estimate of drug-likeness (QED) is 0.793. The average molecular weight is 241 g/mol. The van der Waals surface area contributed by atoms with E-state index >= 15 is 0 Å². The van der Waals surface area contributed by atoms with Crippen molar-refractivity contribution in [1.82, 2.24) is 0 Å². The van der Waals surface area contributed by atoms with Gasteiger partial charge in [0.25, 0.3) is 0 Å². The van der Waals surface area contributed by atoms with Crippen LogP contribution in [0.2, 0.25) is 0 Å². The topological polar surface area (TPSA) is 46.2 Å². The van der Waals surface area contributed by atoms with Gasteiger partial charge < -0.3 is 10.8 Å². The summed E-state index contributed by atoms with van der Waals surface area (Å²) in [7, 11) is 0. The summed E-state index contributed by atoms with van der Waals surface area (Å²) >= 11 is 0. The van der Waals surface area contributed by atoms with E-state index in [0.717, 1.165) is 5.56 Å². The molecule has 0 heterocycles. The van der Waals surface area contributed by atoms with Crippen molar-refractivity contribution in [2.45, 2.75) is 44.1 Å². The summed E-state index contributed by atoms with van der Waals surface area (Å²) in [6.07, 6.45) is -0.0130. The van der Waals surface area contributed by atoms with Crippen LogP contribution in [0.3, 0.4) is 0 Å². The maximum Gasteiger partial charge on any atom is 0.248 e. The summed E-state index contributed by atoms with van der Waals surface area (Å²) in [4.78, 5) is 0. The SMILES string of the molecule is Cc1ccc(C2(N)CCC(F)(F)CC2)c(O)c1. The summed E-state index contributed by atoms with van der Waals surface area (Å²) in [5.41, 5.74) is 6.85. The van der Waals surface area contributed by atoms with Crippen molar-refractivity contribution in [2.75, 3.05) is 0 Å². The second-order valence-electron chi connectivity index (χ2n) is 5.03. The lowest BCUT2D eigenvalue weighted by Gasteiger charge is -2.37. The largest absolute Gasteiger partial charge is 0.508 e. The average Bonchev–Trinajstić information content (AvgIpc) is 2.23. The van der Waals surface area contributed by atoms with Crippen LogP contribution in [0.4, 0.5) is 8.78 Å². The molecule has 0 bridgehead atoms. The summed E-state index contributed by atoms with van der Waals surface area (Å²) in [5.74, 6) is -2.50. The number of halogens is 2. The van der Waals surface area contributed by atoms with Crippen molar-refractivity contribution >= 4 is 0 Å². The maximum atomic E-state index is 13.1. The highest BCUT2D eigenvalue weighted by Crippen LogP contribution is 2.44. The summed E-state index contributed by atoms with van der Waals surface area (Å²) in [6.45, 7) is 1.86. The normalized spacial score (nSPS) is 22.4. The number of aromatic hydroxyl groups is 1. The molecule has 1 aliphatic carbocycles. The van der Waals surface area contributed by atoms with Crippen LogP contribution in [-0.4, -0.2) is 11.0 Å². The van der Waals surface area contributed by atoms with Crippen molar-refractivity contribution < 1.29 is 13.9 Å². The third-order valence-electron chi connectivity index (χ3n) is 3.56. The van der Waals surface area contributed by atoms with E-state index in [1.807, 2.05) is 13.0 Å². The highest BCUT2D eigenvalue weighted by atomic mass is 19.3. The molecule has 2 nitrogen and oxygen atoms in total. The predicted molar refractivity (Wildman–Crippen MR) is 62.1 cm³/mol. The molecule has 0 spiro atoms. The number of aryl methyl sites for hydroxylation is 1. The fourth-order valence-electron chi connectivity index (χ4n) is 2.39. The third-order valence-corrected chi connectivity index (χ3v) is 3.56. The van der Waals surface area contributed by atoms with Crippen LogP contribution in [0.25, 0.3) is 0 Å². The Morgan fingerprint density at radius 3 is 2.29 bits per heavy atom. The molecule has 1 fully saturated rings. The van der Waals surface area contributed by atoms with Gasteiger partial charge in [-0.1, -0.05) is 12.1 Å². The van der Waals surface area contributed by atoms with Crippen LogP contribution in [0.5, 0.6) is 5.75 Å². The number of hydrogen-bond acceptors (Lipinski definition) is 2. The van der Waals surface area contributed by atoms with Crippen LogP contribution in [0.1, 0.15) is 36.8 Å². The molecule has 1 aliphatic rings. The Morgan fingerprint density at radius 2 is 1.76 bits per heavy atom. The molecule has 1 saturated carbocycles. The summed E-state index contributed by atoms with van der Waals surface area (Å²) in [5, 5.41) is 9.87. The fraction of sp³-hybridized carbons (Fsp3) is 0.538. The molecular formula is C13H17F2NO. The molecule has 1 aromatic rings. The molecule has 0 radical (unpaired) electrons. The van der Waals surface area contributed by atoms with Crippen LogP contribution >= 0.6 is 0 Å². The van der Waals surface area contributed by atoms with Gasteiger partial charge in [-0.2, -0.15) is 0 Å². The second-order valence-corrected chi connectivity index (χ2v) is 5.03. The fourth-order valence-corrected chi connectivity index (χ4v) is 2.39.